The number of hydrogen-bond acceptors (Lipinski definition) is 7. The molecule has 3 aliphatic heterocycles. The average molecular weight is 501 g/mol. The van der Waals surface area contributed by atoms with Crippen molar-refractivity contribution in [2.75, 3.05) is 11.9 Å². The second-order valence-electron chi connectivity index (χ2n) is 9.81. The summed E-state index contributed by atoms with van der Waals surface area (Å²) in [5.41, 5.74) is 2.07. The number of aromatic nitrogens is 2. The van der Waals surface area contributed by atoms with Gasteiger partial charge < -0.3 is 10.6 Å². The number of halogens is 1. The number of amides is 4. The molecule has 10 nitrogen and oxygen atoms in total. The van der Waals surface area contributed by atoms with Gasteiger partial charge in [0.1, 0.15) is 6.04 Å². The van der Waals surface area contributed by atoms with Crippen LogP contribution in [0.3, 0.4) is 0 Å². The number of hydrogen-bond donors (Lipinski definition) is 3. The lowest BCUT2D eigenvalue weighted by Gasteiger charge is -2.36. The number of nitrogens with zero attached hydrogens (tertiary/aromatic N) is 3. The van der Waals surface area contributed by atoms with Crippen molar-refractivity contribution in [2.45, 2.75) is 63.7 Å². The number of benzene rings is 1. The summed E-state index contributed by atoms with van der Waals surface area (Å²) in [7, 11) is 0. The smallest absolute Gasteiger partial charge is 0.264 e. The van der Waals surface area contributed by atoms with Crippen LogP contribution >= 0.6 is 12.4 Å². The van der Waals surface area contributed by atoms with E-state index in [0.29, 0.717) is 18.3 Å². The summed E-state index contributed by atoms with van der Waals surface area (Å²) in [6.45, 7) is 5.76. The Balaban J connectivity index is 0.00000289. The standard InChI is InChI=1S/C24H28N6O4.ClH/c1-24(2)10-15(8-9-26-24)29-13-14(12-27-29)11-25-17-5-3-4-16-20(17)23(34)30(22(16)33)18-6-7-19(31)28-21(18)32;/h3-5,12-13,15,18,25-26H,6-11H2,1-2H3,(H,28,31,32);1H/t15-,18?;/m0./s1. The van der Waals surface area contributed by atoms with Gasteiger partial charge in [0, 0.05) is 36.0 Å². The highest BCUT2D eigenvalue weighted by Gasteiger charge is 2.45. The molecule has 2 fully saturated rings. The van der Waals surface area contributed by atoms with Crippen LogP contribution in [0.25, 0.3) is 0 Å². The van der Waals surface area contributed by atoms with E-state index in [2.05, 4.69) is 34.9 Å². The van der Waals surface area contributed by atoms with Gasteiger partial charge in [0.2, 0.25) is 11.8 Å². The van der Waals surface area contributed by atoms with E-state index in [0.717, 1.165) is 29.8 Å². The summed E-state index contributed by atoms with van der Waals surface area (Å²) in [6.07, 6.45) is 6.05. The molecule has 3 N–H and O–H groups in total. The van der Waals surface area contributed by atoms with Crippen molar-refractivity contribution in [3.8, 4) is 0 Å². The van der Waals surface area contributed by atoms with Gasteiger partial charge in [-0.25, -0.2) is 0 Å². The lowest BCUT2D eigenvalue weighted by Crippen LogP contribution is -2.54. The first-order chi connectivity index (χ1) is 16.2. The van der Waals surface area contributed by atoms with Crippen LogP contribution in [0.2, 0.25) is 0 Å². The molecular formula is C24H29ClN6O4. The third kappa shape index (κ3) is 4.68. The Morgan fingerprint density at radius 1 is 1.14 bits per heavy atom. The van der Waals surface area contributed by atoms with Gasteiger partial charge in [0.25, 0.3) is 11.8 Å². The fraction of sp³-hybridized carbons (Fsp3) is 0.458. The van der Waals surface area contributed by atoms with Crippen LogP contribution in [0.1, 0.15) is 71.9 Å². The topological polar surface area (TPSA) is 125 Å². The zero-order valence-corrected chi connectivity index (χ0v) is 20.5. The van der Waals surface area contributed by atoms with Crippen molar-refractivity contribution < 1.29 is 19.2 Å². The summed E-state index contributed by atoms with van der Waals surface area (Å²) < 4.78 is 2.01. The number of anilines is 1. The number of imide groups is 2. The molecule has 1 aromatic heterocycles. The van der Waals surface area contributed by atoms with Crippen molar-refractivity contribution in [2.24, 2.45) is 0 Å². The zero-order chi connectivity index (χ0) is 24.0. The van der Waals surface area contributed by atoms with Crippen LogP contribution in [0.4, 0.5) is 5.69 Å². The highest BCUT2D eigenvalue weighted by atomic mass is 35.5. The second kappa shape index (κ2) is 9.43. The van der Waals surface area contributed by atoms with Gasteiger partial charge in [-0.3, -0.25) is 34.1 Å². The van der Waals surface area contributed by atoms with Crippen LogP contribution in [-0.2, 0) is 16.1 Å². The summed E-state index contributed by atoms with van der Waals surface area (Å²) in [4.78, 5) is 51.0. The molecule has 0 spiro atoms. The van der Waals surface area contributed by atoms with Gasteiger partial charge in [-0.2, -0.15) is 5.10 Å². The van der Waals surface area contributed by atoms with E-state index in [9.17, 15) is 19.2 Å². The van der Waals surface area contributed by atoms with Crippen LogP contribution in [0.15, 0.2) is 30.6 Å². The Morgan fingerprint density at radius 3 is 2.69 bits per heavy atom. The Kier molecular flexibility index (Phi) is 6.70. The molecule has 0 radical (unpaired) electrons. The fourth-order valence-electron chi connectivity index (χ4n) is 5.09. The minimum absolute atomic E-state index is 0. The first-order valence-corrected chi connectivity index (χ1v) is 11.6. The van der Waals surface area contributed by atoms with Crippen LogP contribution in [0, 0.1) is 0 Å². The molecule has 4 heterocycles. The molecular weight excluding hydrogens is 472 g/mol. The van der Waals surface area contributed by atoms with Crippen molar-refractivity contribution in [3.63, 3.8) is 0 Å². The molecule has 0 saturated carbocycles. The van der Waals surface area contributed by atoms with Gasteiger partial charge in [-0.1, -0.05) is 6.07 Å². The minimum Gasteiger partial charge on any atom is -0.380 e. The first-order valence-electron chi connectivity index (χ1n) is 11.6. The summed E-state index contributed by atoms with van der Waals surface area (Å²) >= 11 is 0. The average Bonchev–Trinajstić information content (AvgIpc) is 3.36. The Morgan fingerprint density at radius 2 is 1.94 bits per heavy atom. The van der Waals surface area contributed by atoms with E-state index in [4.69, 9.17) is 0 Å². The summed E-state index contributed by atoms with van der Waals surface area (Å²) in [5.74, 6) is -2.05. The lowest BCUT2D eigenvalue weighted by atomic mass is 9.89. The molecule has 3 aliphatic rings. The van der Waals surface area contributed by atoms with Crippen molar-refractivity contribution in [1.29, 1.82) is 0 Å². The van der Waals surface area contributed by atoms with Crippen molar-refractivity contribution in [3.05, 3.63) is 47.3 Å². The van der Waals surface area contributed by atoms with Crippen LogP contribution < -0.4 is 16.0 Å². The molecule has 35 heavy (non-hydrogen) atoms. The van der Waals surface area contributed by atoms with E-state index in [-0.39, 0.29) is 41.9 Å². The van der Waals surface area contributed by atoms with E-state index in [1.54, 1.807) is 18.2 Å². The van der Waals surface area contributed by atoms with Crippen molar-refractivity contribution >= 4 is 41.7 Å². The normalized spacial score (nSPS) is 23.5. The van der Waals surface area contributed by atoms with Gasteiger partial charge in [-0.15, -0.1) is 12.4 Å². The summed E-state index contributed by atoms with van der Waals surface area (Å²) in [6, 6.07) is 4.39. The largest absolute Gasteiger partial charge is 0.380 e. The van der Waals surface area contributed by atoms with Gasteiger partial charge in [0.05, 0.1) is 23.4 Å². The molecule has 1 unspecified atom stereocenters. The van der Waals surface area contributed by atoms with E-state index in [1.165, 1.54) is 0 Å². The second-order valence-corrected chi connectivity index (χ2v) is 9.81. The fourth-order valence-corrected chi connectivity index (χ4v) is 5.09. The van der Waals surface area contributed by atoms with E-state index < -0.39 is 29.7 Å². The maximum atomic E-state index is 13.2. The zero-order valence-electron chi connectivity index (χ0n) is 19.7. The molecule has 0 bridgehead atoms. The molecule has 2 atom stereocenters. The molecule has 2 aromatic rings. The Hall–Kier alpha value is -3.24. The quantitative estimate of drug-likeness (QED) is 0.536. The molecule has 11 heteroatoms. The Bertz CT molecular complexity index is 1190. The third-order valence-corrected chi connectivity index (χ3v) is 6.81. The highest BCUT2D eigenvalue weighted by Crippen LogP contribution is 2.33. The molecule has 186 valence electrons. The van der Waals surface area contributed by atoms with Crippen LogP contribution in [-0.4, -0.2) is 56.4 Å². The molecule has 0 aliphatic carbocycles. The monoisotopic (exact) mass is 500 g/mol. The van der Waals surface area contributed by atoms with Gasteiger partial charge in [-0.05, 0) is 51.8 Å². The molecule has 1 aromatic carbocycles. The first kappa shape index (κ1) is 24.9. The maximum Gasteiger partial charge on any atom is 0.264 e. The maximum absolute atomic E-state index is 13.2. The van der Waals surface area contributed by atoms with Crippen LogP contribution in [0.5, 0.6) is 0 Å². The van der Waals surface area contributed by atoms with Gasteiger partial charge in [0.15, 0.2) is 0 Å². The number of nitrogens with one attached hydrogen (secondary N) is 3. The number of rotatable bonds is 5. The number of carbonyl (C=O) groups excluding carboxylic acids is 4. The Labute approximate surface area is 209 Å². The highest BCUT2D eigenvalue weighted by molar-refractivity contribution is 6.25. The van der Waals surface area contributed by atoms with Gasteiger partial charge >= 0.3 is 0 Å². The minimum atomic E-state index is -0.981. The number of carbonyl (C=O) groups is 4. The number of fused-ring (bicyclic) bond motifs is 1. The third-order valence-electron chi connectivity index (χ3n) is 6.81. The van der Waals surface area contributed by atoms with E-state index in [1.807, 2.05) is 17.1 Å². The molecule has 5 rings (SSSR count). The van der Waals surface area contributed by atoms with Crippen molar-refractivity contribution in [1.82, 2.24) is 25.3 Å². The van der Waals surface area contributed by atoms with E-state index >= 15 is 0 Å². The number of piperidine rings is 2. The lowest BCUT2D eigenvalue weighted by molar-refractivity contribution is -0.136. The molecule has 4 amide bonds. The molecule has 2 saturated heterocycles. The predicted molar refractivity (Wildman–Crippen MR) is 130 cm³/mol. The summed E-state index contributed by atoms with van der Waals surface area (Å²) in [5, 5.41) is 13.6. The SMILES string of the molecule is CC1(C)C[C@@H](n2cc(CNc3cccc4c3C(=O)N(C3CCC(=O)NC3=O)C4=O)cn2)CCN1.Cl. The predicted octanol–water partition coefficient (Wildman–Crippen LogP) is 2.02.